The fourth-order valence-electron chi connectivity index (χ4n) is 2.05. The first-order valence-electron chi connectivity index (χ1n) is 6.45. The van der Waals surface area contributed by atoms with Gasteiger partial charge in [0.2, 0.25) is 0 Å². The van der Waals surface area contributed by atoms with Crippen LogP contribution in [0.25, 0.3) is 0 Å². The Hall–Kier alpha value is -1.94. The molecule has 0 aliphatic rings. The lowest BCUT2D eigenvalue weighted by Crippen LogP contribution is -2.31. The minimum absolute atomic E-state index is 0.108. The Morgan fingerprint density at radius 3 is 2.40 bits per heavy atom. The van der Waals surface area contributed by atoms with E-state index in [1.807, 2.05) is 12.1 Å². The molecule has 1 unspecified atom stereocenters. The smallest absolute Gasteiger partial charge is 0.171 e. The molecule has 0 saturated carbocycles. The van der Waals surface area contributed by atoms with Crippen LogP contribution in [0, 0.1) is 12.7 Å². The van der Waals surface area contributed by atoms with Crippen molar-refractivity contribution in [3.8, 4) is 0 Å². The van der Waals surface area contributed by atoms with Crippen LogP contribution in [-0.4, -0.2) is 5.11 Å². The van der Waals surface area contributed by atoms with E-state index in [9.17, 15) is 4.39 Å². The third kappa shape index (κ3) is 3.78. The molecule has 2 nitrogen and oxygen atoms in total. The summed E-state index contributed by atoms with van der Waals surface area (Å²) < 4.78 is 12.8. The van der Waals surface area contributed by atoms with Gasteiger partial charge in [-0.1, -0.05) is 24.3 Å². The second-order valence-electron chi connectivity index (χ2n) is 4.68. The van der Waals surface area contributed by atoms with Crippen LogP contribution < -0.4 is 10.6 Å². The van der Waals surface area contributed by atoms with E-state index in [1.165, 1.54) is 23.3 Å². The minimum Gasteiger partial charge on any atom is -0.356 e. The van der Waals surface area contributed by atoms with E-state index in [1.54, 1.807) is 12.1 Å². The fourth-order valence-corrected chi connectivity index (χ4v) is 2.34. The van der Waals surface area contributed by atoms with E-state index in [0.29, 0.717) is 5.11 Å². The summed E-state index contributed by atoms with van der Waals surface area (Å²) >= 11 is 5.27. The number of hydrogen-bond acceptors (Lipinski definition) is 1. The molecule has 104 valence electrons. The zero-order valence-electron chi connectivity index (χ0n) is 11.5. The summed E-state index contributed by atoms with van der Waals surface area (Å²) in [7, 11) is 0. The van der Waals surface area contributed by atoms with Gasteiger partial charge in [-0.3, -0.25) is 0 Å². The van der Waals surface area contributed by atoms with E-state index < -0.39 is 0 Å². The Kier molecular flexibility index (Phi) is 4.69. The van der Waals surface area contributed by atoms with Gasteiger partial charge in [0, 0.05) is 5.69 Å². The Balaban J connectivity index is 1.98. The molecule has 0 heterocycles. The van der Waals surface area contributed by atoms with Crippen molar-refractivity contribution in [3.05, 3.63) is 65.5 Å². The van der Waals surface area contributed by atoms with Gasteiger partial charge in [0.1, 0.15) is 5.82 Å². The molecule has 0 fully saturated rings. The largest absolute Gasteiger partial charge is 0.356 e. The van der Waals surface area contributed by atoms with E-state index in [4.69, 9.17) is 12.2 Å². The quantitative estimate of drug-likeness (QED) is 0.828. The van der Waals surface area contributed by atoms with Crippen molar-refractivity contribution >= 4 is 23.0 Å². The summed E-state index contributed by atoms with van der Waals surface area (Å²) in [6, 6.07) is 14.4. The number of benzene rings is 2. The highest BCUT2D eigenvalue weighted by atomic mass is 32.1. The summed E-state index contributed by atoms with van der Waals surface area (Å²) in [6.07, 6.45) is 0. The topological polar surface area (TPSA) is 24.1 Å². The Morgan fingerprint density at radius 1 is 1.10 bits per heavy atom. The molecule has 20 heavy (non-hydrogen) atoms. The lowest BCUT2D eigenvalue weighted by molar-refractivity contribution is 0.628. The van der Waals surface area contributed by atoms with Crippen LogP contribution in [0.15, 0.2) is 48.5 Å². The fraction of sp³-hybridized carbons (Fsp3) is 0.188. The number of anilines is 1. The molecule has 2 rings (SSSR count). The maximum absolute atomic E-state index is 12.8. The summed E-state index contributed by atoms with van der Waals surface area (Å²) in [5.74, 6) is -0.261. The molecule has 0 bridgehead atoms. The maximum Gasteiger partial charge on any atom is 0.171 e. The normalized spacial score (nSPS) is 11.8. The summed E-state index contributed by atoms with van der Waals surface area (Å²) in [6.45, 7) is 4.13. The molecule has 4 heteroatoms. The van der Waals surface area contributed by atoms with Gasteiger partial charge >= 0.3 is 0 Å². The van der Waals surface area contributed by atoms with Crippen LogP contribution in [0.5, 0.6) is 0 Å². The Morgan fingerprint density at radius 2 is 1.75 bits per heavy atom. The summed E-state index contributed by atoms with van der Waals surface area (Å²) in [5.41, 5.74) is 3.19. The minimum atomic E-state index is -0.261. The predicted octanol–water partition coefficient (Wildman–Crippen LogP) is 4.18. The molecule has 0 spiro atoms. The summed E-state index contributed by atoms with van der Waals surface area (Å²) in [5, 5.41) is 6.79. The average molecular weight is 288 g/mol. The Bertz CT molecular complexity index is 596. The molecule has 0 saturated heterocycles. The van der Waals surface area contributed by atoms with E-state index in [-0.39, 0.29) is 11.9 Å². The van der Waals surface area contributed by atoms with Crippen LogP contribution in [-0.2, 0) is 0 Å². The van der Waals surface area contributed by atoms with Crippen molar-refractivity contribution in [1.29, 1.82) is 0 Å². The molecular weight excluding hydrogens is 271 g/mol. The van der Waals surface area contributed by atoms with E-state index in [0.717, 1.165) is 5.69 Å². The lowest BCUT2D eigenvalue weighted by atomic mass is 10.0. The molecule has 2 aromatic rings. The molecule has 0 aromatic heterocycles. The van der Waals surface area contributed by atoms with Gasteiger partial charge < -0.3 is 10.6 Å². The van der Waals surface area contributed by atoms with Crippen molar-refractivity contribution in [2.24, 2.45) is 0 Å². The van der Waals surface area contributed by atoms with Gasteiger partial charge in [0.25, 0.3) is 0 Å². The van der Waals surface area contributed by atoms with Crippen LogP contribution in [0.4, 0.5) is 10.1 Å². The van der Waals surface area contributed by atoms with Gasteiger partial charge in [0.15, 0.2) is 5.11 Å². The number of rotatable bonds is 3. The highest BCUT2D eigenvalue weighted by Gasteiger charge is 2.09. The lowest BCUT2D eigenvalue weighted by Gasteiger charge is -2.19. The molecule has 2 N–H and O–H groups in total. The van der Waals surface area contributed by atoms with Crippen molar-refractivity contribution in [2.75, 3.05) is 5.32 Å². The van der Waals surface area contributed by atoms with Crippen molar-refractivity contribution in [1.82, 2.24) is 5.32 Å². The number of nitrogens with one attached hydrogen (secondary N) is 2. The second kappa shape index (κ2) is 6.48. The first-order chi connectivity index (χ1) is 9.56. The van der Waals surface area contributed by atoms with E-state index in [2.05, 4.69) is 36.6 Å². The summed E-state index contributed by atoms with van der Waals surface area (Å²) in [4.78, 5) is 0. The third-order valence-electron chi connectivity index (χ3n) is 3.10. The van der Waals surface area contributed by atoms with Gasteiger partial charge in [-0.15, -0.1) is 0 Å². The molecule has 1 atom stereocenters. The van der Waals surface area contributed by atoms with E-state index >= 15 is 0 Å². The van der Waals surface area contributed by atoms with Crippen LogP contribution in [0.1, 0.15) is 24.1 Å². The highest BCUT2D eigenvalue weighted by Crippen LogP contribution is 2.17. The zero-order chi connectivity index (χ0) is 14.5. The van der Waals surface area contributed by atoms with Crippen molar-refractivity contribution < 1.29 is 4.39 Å². The molecular formula is C16H17FN2S. The number of hydrogen-bond donors (Lipinski definition) is 2. The molecule has 0 aliphatic heterocycles. The highest BCUT2D eigenvalue weighted by molar-refractivity contribution is 7.80. The molecule has 0 aliphatic carbocycles. The first kappa shape index (κ1) is 14.5. The molecule has 0 radical (unpaired) electrons. The zero-order valence-corrected chi connectivity index (χ0v) is 12.3. The average Bonchev–Trinajstić information content (AvgIpc) is 2.41. The number of thiocarbonyl (C=S) groups is 1. The number of aryl methyl sites for hydroxylation is 1. The van der Waals surface area contributed by atoms with Gasteiger partial charge in [-0.05, 0) is 61.5 Å². The molecule has 2 aromatic carbocycles. The standard InChI is InChI=1S/C16H17FN2S/c1-11-5-3-4-6-15(11)12(2)18-16(20)19-14-9-7-13(17)8-10-14/h3-10,12H,1-2H3,(H2,18,19,20). The van der Waals surface area contributed by atoms with Crippen molar-refractivity contribution in [3.63, 3.8) is 0 Å². The van der Waals surface area contributed by atoms with Crippen LogP contribution in [0.2, 0.25) is 0 Å². The van der Waals surface area contributed by atoms with Crippen molar-refractivity contribution in [2.45, 2.75) is 19.9 Å². The van der Waals surface area contributed by atoms with Gasteiger partial charge in [0.05, 0.1) is 6.04 Å². The number of halogens is 1. The second-order valence-corrected chi connectivity index (χ2v) is 5.09. The van der Waals surface area contributed by atoms with Crippen LogP contribution >= 0.6 is 12.2 Å². The van der Waals surface area contributed by atoms with Crippen LogP contribution in [0.3, 0.4) is 0 Å². The van der Waals surface area contributed by atoms with Gasteiger partial charge in [-0.25, -0.2) is 4.39 Å². The third-order valence-corrected chi connectivity index (χ3v) is 3.32. The maximum atomic E-state index is 12.8. The Labute approximate surface area is 124 Å². The molecule has 0 amide bonds. The SMILES string of the molecule is Cc1ccccc1C(C)NC(=S)Nc1ccc(F)cc1. The van der Waals surface area contributed by atoms with Gasteiger partial charge in [-0.2, -0.15) is 0 Å². The monoisotopic (exact) mass is 288 g/mol. The predicted molar refractivity (Wildman–Crippen MR) is 85.4 cm³/mol. The first-order valence-corrected chi connectivity index (χ1v) is 6.85.